The van der Waals surface area contributed by atoms with Crippen LogP contribution in [0.4, 0.5) is 0 Å². The van der Waals surface area contributed by atoms with Crippen molar-refractivity contribution in [2.24, 2.45) is 0 Å². The molecule has 0 bridgehead atoms. The van der Waals surface area contributed by atoms with Crippen molar-refractivity contribution >= 4 is 11.5 Å². The predicted molar refractivity (Wildman–Crippen MR) is 103 cm³/mol. The lowest BCUT2D eigenvalue weighted by atomic mass is 10.0. The van der Waals surface area contributed by atoms with Crippen LogP contribution >= 0.6 is 0 Å². The van der Waals surface area contributed by atoms with Gasteiger partial charge in [0, 0.05) is 17.8 Å². The Kier molecular flexibility index (Phi) is 4.67. The van der Waals surface area contributed by atoms with Gasteiger partial charge in [0.2, 0.25) is 0 Å². The lowest BCUT2D eigenvalue weighted by Gasteiger charge is -2.03. The SMILES string of the molecule is CCOC(=O)c1ccn2nc(-c3ccc(C)cc3)c(-c3cc(CO)on3)c2c1. The molecule has 3 heterocycles. The van der Waals surface area contributed by atoms with Gasteiger partial charge < -0.3 is 14.4 Å². The molecule has 3 aromatic heterocycles. The molecule has 7 nitrogen and oxygen atoms in total. The number of carbonyl (C=O) groups excluding carboxylic acids is 1. The number of nitrogens with zero attached hydrogens (tertiary/aromatic N) is 3. The standard InChI is InChI=1S/C21H19N3O4/c1-3-27-21(26)15-8-9-24-18(10-15)19(17-11-16(12-25)28-23-17)20(22-24)14-6-4-13(2)5-7-14/h4-11,25H,3,12H2,1-2H3. The van der Waals surface area contributed by atoms with E-state index in [2.05, 4.69) is 5.16 Å². The van der Waals surface area contributed by atoms with Crippen molar-refractivity contribution in [3.63, 3.8) is 0 Å². The van der Waals surface area contributed by atoms with Crippen LogP contribution in [0.25, 0.3) is 28.0 Å². The molecule has 4 aromatic rings. The maximum absolute atomic E-state index is 12.2. The van der Waals surface area contributed by atoms with Crippen molar-refractivity contribution in [2.75, 3.05) is 6.61 Å². The summed E-state index contributed by atoms with van der Waals surface area (Å²) in [6.07, 6.45) is 1.72. The minimum atomic E-state index is -0.398. The van der Waals surface area contributed by atoms with Gasteiger partial charge >= 0.3 is 5.97 Å². The summed E-state index contributed by atoms with van der Waals surface area (Å²) in [4.78, 5) is 12.2. The van der Waals surface area contributed by atoms with Crippen molar-refractivity contribution in [3.8, 4) is 22.5 Å². The molecule has 0 saturated carbocycles. The predicted octanol–water partition coefficient (Wildman–Crippen LogP) is 3.63. The average Bonchev–Trinajstić information content (AvgIpc) is 3.32. The lowest BCUT2D eigenvalue weighted by molar-refractivity contribution is 0.0526. The van der Waals surface area contributed by atoms with E-state index in [-0.39, 0.29) is 6.61 Å². The fourth-order valence-electron chi connectivity index (χ4n) is 3.06. The van der Waals surface area contributed by atoms with E-state index in [0.717, 1.165) is 16.7 Å². The lowest BCUT2D eigenvalue weighted by Crippen LogP contribution is -2.05. The number of fused-ring (bicyclic) bond motifs is 1. The minimum absolute atomic E-state index is 0.250. The van der Waals surface area contributed by atoms with Crippen LogP contribution in [0.5, 0.6) is 0 Å². The van der Waals surface area contributed by atoms with Gasteiger partial charge in [0.15, 0.2) is 5.76 Å². The number of aliphatic hydroxyl groups excluding tert-OH is 1. The Morgan fingerprint density at radius 2 is 2.00 bits per heavy atom. The largest absolute Gasteiger partial charge is 0.462 e. The van der Waals surface area contributed by atoms with Crippen LogP contribution in [-0.2, 0) is 11.3 Å². The fourth-order valence-corrected chi connectivity index (χ4v) is 3.06. The van der Waals surface area contributed by atoms with E-state index in [1.807, 2.05) is 31.2 Å². The Labute approximate surface area is 161 Å². The second-order valence-electron chi connectivity index (χ2n) is 6.39. The van der Waals surface area contributed by atoms with Gasteiger partial charge in [-0.15, -0.1) is 0 Å². The Bertz CT molecular complexity index is 1140. The highest BCUT2D eigenvalue weighted by Crippen LogP contribution is 2.35. The molecular formula is C21H19N3O4. The number of aryl methyl sites for hydroxylation is 1. The van der Waals surface area contributed by atoms with Gasteiger partial charge in [0.25, 0.3) is 0 Å². The van der Waals surface area contributed by atoms with Crippen LogP contribution in [-0.4, -0.2) is 32.5 Å². The van der Waals surface area contributed by atoms with E-state index in [0.29, 0.717) is 34.8 Å². The van der Waals surface area contributed by atoms with E-state index >= 15 is 0 Å². The first-order valence-electron chi connectivity index (χ1n) is 8.94. The zero-order valence-corrected chi connectivity index (χ0v) is 15.5. The molecule has 1 N–H and O–H groups in total. The monoisotopic (exact) mass is 377 g/mol. The molecule has 4 rings (SSSR count). The fraction of sp³-hybridized carbons (Fsp3) is 0.190. The Hall–Kier alpha value is -3.45. The zero-order valence-electron chi connectivity index (χ0n) is 15.5. The first-order valence-corrected chi connectivity index (χ1v) is 8.94. The van der Waals surface area contributed by atoms with E-state index < -0.39 is 5.97 Å². The summed E-state index contributed by atoms with van der Waals surface area (Å²) < 4.78 is 12.0. The molecule has 142 valence electrons. The van der Waals surface area contributed by atoms with E-state index in [1.54, 1.807) is 35.8 Å². The molecule has 0 amide bonds. The number of pyridine rings is 1. The van der Waals surface area contributed by atoms with Crippen molar-refractivity contribution in [2.45, 2.75) is 20.5 Å². The molecule has 0 aliphatic rings. The number of esters is 1. The normalized spacial score (nSPS) is 11.1. The highest BCUT2D eigenvalue weighted by atomic mass is 16.5. The van der Waals surface area contributed by atoms with Gasteiger partial charge in [-0.3, -0.25) is 0 Å². The quantitative estimate of drug-likeness (QED) is 0.534. The van der Waals surface area contributed by atoms with Crippen LogP contribution in [0.3, 0.4) is 0 Å². The third-order valence-electron chi connectivity index (χ3n) is 4.44. The van der Waals surface area contributed by atoms with Gasteiger partial charge in [-0.1, -0.05) is 35.0 Å². The van der Waals surface area contributed by atoms with Crippen molar-refractivity contribution in [1.29, 1.82) is 0 Å². The maximum atomic E-state index is 12.2. The number of aromatic nitrogens is 3. The summed E-state index contributed by atoms with van der Waals surface area (Å²) in [5.41, 5.74) is 5.14. The van der Waals surface area contributed by atoms with Gasteiger partial charge in [-0.2, -0.15) is 5.10 Å². The number of aliphatic hydroxyl groups is 1. The number of rotatable bonds is 5. The number of hydrogen-bond donors (Lipinski definition) is 1. The number of benzene rings is 1. The van der Waals surface area contributed by atoms with Crippen molar-refractivity contribution in [1.82, 2.24) is 14.8 Å². The number of ether oxygens (including phenoxy) is 1. The minimum Gasteiger partial charge on any atom is -0.462 e. The summed E-state index contributed by atoms with van der Waals surface area (Å²) in [5, 5.41) is 18.1. The third kappa shape index (κ3) is 3.16. The van der Waals surface area contributed by atoms with Crippen LogP contribution in [0.2, 0.25) is 0 Å². The molecule has 0 spiro atoms. The molecule has 0 saturated heterocycles. The Balaban J connectivity index is 1.96. The van der Waals surface area contributed by atoms with Crippen LogP contribution in [0, 0.1) is 6.92 Å². The van der Waals surface area contributed by atoms with E-state index in [1.165, 1.54) is 0 Å². The van der Waals surface area contributed by atoms with Crippen molar-refractivity contribution in [3.05, 3.63) is 65.5 Å². The molecule has 0 radical (unpaired) electrons. The molecular weight excluding hydrogens is 358 g/mol. The highest BCUT2D eigenvalue weighted by Gasteiger charge is 2.21. The molecule has 7 heteroatoms. The Morgan fingerprint density at radius 1 is 1.21 bits per heavy atom. The summed E-state index contributed by atoms with van der Waals surface area (Å²) in [6, 6.07) is 13.1. The van der Waals surface area contributed by atoms with Crippen LogP contribution in [0.15, 0.2) is 53.2 Å². The summed E-state index contributed by atoms with van der Waals surface area (Å²) in [6.45, 7) is 3.83. The van der Waals surface area contributed by atoms with Crippen molar-refractivity contribution < 1.29 is 19.2 Å². The zero-order chi connectivity index (χ0) is 19.7. The van der Waals surface area contributed by atoms with E-state index in [4.69, 9.17) is 14.4 Å². The first-order chi connectivity index (χ1) is 13.6. The van der Waals surface area contributed by atoms with Gasteiger partial charge in [0.1, 0.15) is 18.0 Å². The second kappa shape index (κ2) is 7.28. The van der Waals surface area contributed by atoms with Gasteiger partial charge in [0.05, 0.1) is 23.3 Å². The topological polar surface area (TPSA) is 89.9 Å². The van der Waals surface area contributed by atoms with Crippen LogP contribution < -0.4 is 0 Å². The molecule has 0 unspecified atom stereocenters. The summed E-state index contributed by atoms with van der Waals surface area (Å²) in [5.74, 6) is -0.0454. The molecule has 0 aliphatic heterocycles. The van der Waals surface area contributed by atoms with Gasteiger partial charge in [-0.25, -0.2) is 9.31 Å². The molecule has 0 fully saturated rings. The summed E-state index contributed by atoms with van der Waals surface area (Å²) in [7, 11) is 0. The second-order valence-corrected chi connectivity index (χ2v) is 6.39. The first kappa shape index (κ1) is 17.9. The number of carbonyl (C=O) groups is 1. The highest BCUT2D eigenvalue weighted by molar-refractivity contribution is 5.96. The van der Waals surface area contributed by atoms with E-state index in [9.17, 15) is 9.90 Å². The Morgan fingerprint density at radius 3 is 2.68 bits per heavy atom. The third-order valence-corrected chi connectivity index (χ3v) is 4.44. The smallest absolute Gasteiger partial charge is 0.338 e. The van der Waals surface area contributed by atoms with Gasteiger partial charge in [-0.05, 0) is 26.0 Å². The van der Waals surface area contributed by atoms with Crippen LogP contribution in [0.1, 0.15) is 28.6 Å². The average molecular weight is 377 g/mol. The molecule has 0 aliphatic carbocycles. The molecule has 1 aromatic carbocycles. The molecule has 0 atom stereocenters. The molecule has 28 heavy (non-hydrogen) atoms. The number of hydrogen-bond acceptors (Lipinski definition) is 6. The summed E-state index contributed by atoms with van der Waals surface area (Å²) >= 11 is 0. The maximum Gasteiger partial charge on any atom is 0.338 e.